The molecule has 1 unspecified atom stereocenters. The molecule has 166 valence electrons. The van der Waals surface area contributed by atoms with Crippen molar-refractivity contribution in [1.29, 1.82) is 0 Å². The van der Waals surface area contributed by atoms with Crippen LogP contribution in [-0.2, 0) is 12.8 Å². The Morgan fingerprint density at radius 1 is 1.00 bits per heavy atom. The van der Waals surface area contributed by atoms with Gasteiger partial charge in [0.15, 0.2) is 0 Å². The van der Waals surface area contributed by atoms with Crippen molar-refractivity contribution in [3.8, 4) is 0 Å². The minimum atomic E-state index is -0.543. The Bertz CT molecular complexity index is 1050. The highest BCUT2D eigenvalue weighted by molar-refractivity contribution is 5.98. The first-order valence-corrected chi connectivity index (χ1v) is 9.31. The number of nitrogens with one attached hydrogen (secondary N) is 4. The van der Waals surface area contributed by atoms with Gasteiger partial charge in [0.25, 0.3) is 11.8 Å². The Morgan fingerprint density at radius 3 is 2.23 bits per heavy atom. The number of rotatable bonds is 3. The van der Waals surface area contributed by atoms with E-state index in [2.05, 4.69) is 10.4 Å². The average Bonchev–Trinajstić information content (AvgIpc) is 3.15. The first-order valence-electron chi connectivity index (χ1n) is 9.31. The number of aromatic nitrogens is 1. The fraction of sp³-hybridized carbons (Fsp3) is 0.200. The Hall–Kier alpha value is -3.15. The first kappa shape index (κ1) is 24.1. The lowest BCUT2D eigenvalue weighted by Gasteiger charge is -2.18. The highest BCUT2D eigenvalue weighted by Gasteiger charge is 2.20. The molecule has 11 heteroatoms. The second-order valence-corrected chi connectivity index (χ2v) is 6.95. The lowest BCUT2D eigenvalue weighted by atomic mass is 9.92. The molecule has 2 amide bonds. The van der Waals surface area contributed by atoms with Crippen LogP contribution in [0.4, 0.5) is 5.69 Å². The molecule has 2 aromatic carbocycles. The van der Waals surface area contributed by atoms with E-state index in [-0.39, 0.29) is 18.4 Å². The van der Waals surface area contributed by atoms with Crippen LogP contribution >= 0.6 is 12.4 Å². The normalized spacial score (nSPS) is 14.4. The fourth-order valence-electron chi connectivity index (χ4n) is 3.43. The van der Waals surface area contributed by atoms with Gasteiger partial charge in [0.2, 0.25) is 0 Å². The van der Waals surface area contributed by atoms with Gasteiger partial charge in [0, 0.05) is 39.5 Å². The molecule has 1 atom stereocenters. The zero-order valence-electron chi connectivity index (χ0n) is 16.5. The molecule has 1 aliphatic carbocycles. The summed E-state index contributed by atoms with van der Waals surface area (Å²) in [6.07, 6.45) is 2.77. The van der Waals surface area contributed by atoms with E-state index in [1.165, 1.54) is 16.7 Å². The number of aromatic amines is 1. The lowest BCUT2D eigenvalue weighted by molar-refractivity contribution is 0.0702. The molecule has 0 bridgehead atoms. The van der Waals surface area contributed by atoms with Crippen molar-refractivity contribution in [2.24, 2.45) is 11.6 Å². The summed E-state index contributed by atoms with van der Waals surface area (Å²) in [6, 6.07) is 11.9. The van der Waals surface area contributed by atoms with Gasteiger partial charge in [-0.05, 0) is 67.3 Å². The Kier molecular flexibility index (Phi) is 8.37. The Morgan fingerprint density at radius 2 is 1.61 bits per heavy atom. The number of carbonyl (C=O) groups is 2. The number of carbonyl (C=O) groups excluding carboxylic acids is 2. The van der Waals surface area contributed by atoms with Gasteiger partial charge < -0.3 is 16.1 Å². The maximum absolute atomic E-state index is 11.4. The molecule has 1 aromatic heterocycles. The molecule has 0 saturated heterocycles. The zero-order valence-corrected chi connectivity index (χ0v) is 17.3. The smallest absolute Gasteiger partial charge is 0.274 e. The summed E-state index contributed by atoms with van der Waals surface area (Å²) < 4.78 is 0. The summed E-state index contributed by atoms with van der Waals surface area (Å²) in [6.45, 7) is 0. The summed E-state index contributed by atoms with van der Waals surface area (Å²) in [5, 5.41) is 18.0. The molecule has 1 heterocycles. The second kappa shape index (κ2) is 10.8. The van der Waals surface area contributed by atoms with Crippen LogP contribution in [0.2, 0.25) is 0 Å². The van der Waals surface area contributed by atoms with Crippen molar-refractivity contribution in [2.75, 3.05) is 5.43 Å². The number of hydrazine groups is 1. The largest absolute Gasteiger partial charge is 0.358 e. The second-order valence-electron chi connectivity index (χ2n) is 6.95. The molecule has 10 nitrogen and oxygen atoms in total. The van der Waals surface area contributed by atoms with Crippen molar-refractivity contribution in [3.63, 3.8) is 0 Å². The van der Waals surface area contributed by atoms with Crippen molar-refractivity contribution in [2.45, 2.75) is 25.3 Å². The zero-order chi connectivity index (χ0) is 21.7. The van der Waals surface area contributed by atoms with Crippen LogP contribution in [0.5, 0.6) is 0 Å². The minimum Gasteiger partial charge on any atom is -0.358 e. The van der Waals surface area contributed by atoms with Crippen molar-refractivity contribution >= 4 is 40.8 Å². The maximum Gasteiger partial charge on any atom is 0.274 e. The Labute approximate surface area is 184 Å². The topological polar surface area (TPSA) is 179 Å². The van der Waals surface area contributed by atoms with Gasteiger partial charge in [-0.2, -0.15) is 0 Å². The van der Waals surface area contributed by atoms with E-state index in [4.69, 9.17) is 22.0 Å². The lowest BCUT2D eigenvalue weighted by Crippen LogP contribution is -2.27. The average molecular weight is 449 g/mol. The van der Waals surface area contributed by atoms with E-state index in [1.54, 1.807) is 41.9 Å². The molecule has 4 rings (SSSR count). The number of hydroxylamine groups is 2. The molecule has 3 aromatic rings. The van der Waals surface area contributed by atoms with Crippen LogP contribution in [0.1, 0.15) is 38.4 Å². The van der Waals surface area contributed by atoms with E-state index < -0.39 is 11.8 Å². The van der Waals surface area contributed by atoms with Gasteiger partial charge in [0.1, 0.15) is 0 Å². The number of H-pyrrole nitrogens is 1. The summed E-state index contributed by atoms with van der Waals surface area (Å²) >= 11 is 0. The number of hydrogen-bond acceptors (Lipinski definition) is 7. The third-order valence-electron chi connectivity index (χ3n) is 5.00. The highest BCUT2D eigenvalue weighted by atomic mass is 35.5. The standard InChI is InChI=1S/C13H15N3O2.C7H9N3O2.ClH/c14-8-2-4-12-10(6-8)9-5-7(13(17)16-18)1-3-11(9)15-12;8-9-6-3-1-5(2-4-6)7(11)10-12;/h1,3,5,8,15,18H,2,4,6,14H2,(H,16,17);1-4,9,12H,8H2,(H,10,11);1H. The minimum absolute atomic E-state index is 0. The van der Waals surface area contributed by atoms with Crippen molar-refractivity contribution in [3.05, 3.63) is 64.8 Å². The van der Waals surface area contributed by atoms with Crippen LogP contribution in [0, 0.1) is 0 Å². The van der Waals surface area contributed by atoms with Crippen molar-refractivity contribution in [1.82, 2.24) is 15.9 Å². The number of fused-ring (bicyclic) bond motifs is 3. The molecule has 0 spiro atoms. The Balaban J connectivity index is 0.000000231. The number of nitrogen functional groups attached to an aromatic ring is 1. The molecule has 10 N–H and O–H groups in total. The third-order valence-corrected chi connectivity index (χ3v) is 5.00. The van der Waals surface area contributed by atoms with Gasteiger partial charge >= 0.3 is 0 Å². The molecule has 1 aliphatic rings. The first-order chi connectivity index (χ1) is 14.5. The predicted octanol–water partition coefficient (Wildman–Crippen LogP) is 1.62. The van der Waals surface area contributed by atoms with E-state index >= 15 is 0 Å². The van der Waals surface area contributed by atoms with Gasteiger partial charge in [-0.15, -0.1) is 12.4 Å². The quantitative estimate of drug-likeness (QED) is 0.170. The van der Waals surface area contributed by atoms with Crippen LogP contribution < -0.4 is 28.0 Å². The third kappa shape index (κ3) is 5.51. The predicted molar refractivity (Wildman–Crippen MR) is 118 cm³/mol. The van der Waals surface area contributed by atoms with Gasteiger partial charge in [-0.25, -0.2) is 11.0 Å². The van der Waals surface area contributed by atoms with Gasteiger partial charge in [-0.3, -0.25) is 25.8 Å². The number of hydrogen-bond donors (Lipinski definition) is 8. The van der Waals surface area contributed by atoms with Crippen LogP contribution in [-0.4, -0.2) is 33.3 Å². The van der Waals surface area contributed by atoms with E-state index in [9.17, 15) is 9.59 Å². The van der Waals surface area contributed by atoms with Crippen LogP contribution in [0.25, 0.3) is 10.9 Å². The number of anilines is 1. The number of aryl methyl sites for hydroxylation is 1. The van der Waals surface area contributed by atoms with Gasteiger partial charge in [0.05, 0.1) is 0 Å². The molecular formula is C20H25ClN6O4. The molecular weight excluding hydrogens is 424 g/mol. The summed E-state index contributed by atoms with van der Waals surface area (Å²) in [4.78, 5) is 25.6. The van der Waals surface area contributed by atoms with E-state index in [0.717, 1.165) is 30.2 Å². The summed E-state index contributed by atoms with van der Waals surface area (Å²) in [7, 11) is 0. The monoisotopic (exact) mass is 448 g/mol. The molecule has 0 fully saturated rings. The van der Waals surface area contributed by atoms with Crippen LogP contribution in [0.15, 0.2) is 42.5 Å². The fourth-order valence-corrected chi connectivity index (χ4v) is 3.43. The molecule has 0 aliphatic heterocycles. The van der Waals surface area contributed by atoms with E-state index in [0.29, 0.717) is 16.8 Å². The molecule has 31 heavy (non-hydrogen) atoms. The van der Waals surface area contributed by atoms with E-state index in [1.807, 2.05) is 6.07 Å². The SMILES string of the molecule is Cl.NC1CCc2[nH]c3ccc(C(=O)NO)cc3c2C1.NNc1ccc(C(=O)NO)cc1. The van der Waals surface area contributed by atoms with Gasteiger partial charge in [-0.1, -0.05) is 0 Å². The van der Waals surface area contributed by atoms with Crippen molar-refractivity contribution < 1.29 is 20.0 Å². The van der Waals surface area contributed by atoms with Crippen LogP contribution in [0.3, 0.4) is 0 Å². The molecule has 0 radical (unpaired) electrons. The summed E-state index contributed by atoms with van der Waals surface area (Å²) in [5.41, 5.74) is 16.5. The number of halogens is 1. The highest BCUT2D eigenvalue weighted by Crippen LogP contribution is 2.29. The number of nitrogens with two attached hydrogens (primary N) is 2. The number of amides is 2. The molecule has 0 saturated carbocycles. The number of benzene rings is 2. The summed E-state index contributed by atoms with van der Waals surface area (Å²) in [5.74, 6) is 4.07. The maximum atomic E-state index is 11.4.